The zero-order valence-corrected chi connectivity index (χ0v) is 14.9. The Morgan fingerprint density at radius 2 is 1.96 bits per heavy atom. The SMILES string of the molecule is COc1ccc2nc(C(=O)N(c3cccc(C#N)c3)C(C)C)ccc2c1. The predicted octanol–water partition coefficient (Wildman–Crippen LogP) is 4.17. The molecule has 0 saturated heterocycles. The van der Waals surface area contributed by atoms with Gasteiger partial charge in [0, 0.05) is 17.1 Å². The summed E-state index contributed by atoms with van der Waals surface area (Å²) in [6.45, 7) is 3.87. The van der Waals surface area contributed by atoms with Gasteiger partial charge in [-0.3, -0.25) is 4.79 Å². The van der Waals surface area contributed by atoms with E-state index in [1.165, 1.54) is 0 Å². The molecule has 0 spiro atoms. The van der Waals surface area contributed by atoms with Crippen LogP contribution in [0.1, 0.15) is 29.9 Å². The molecule has 0 unspecified atom stereocenters. The predicted molar refractivity (Wildman–Crippen MR) is 101 cm³/mol. The molecule has 0 aliphatic carbocycles. The van der Waals surface area contributed by atoms with Crippen molar-refractivity contribution in [2.75, 3.05) is 12.0 Å². The number of aromatic nitrogens is 1. The van der Waals surface area contributed by atoms with Crippen molar-refractivity contribution >= 4 is 22.5 Å². The molecule has 1 aromatic heterocycles. The van der Waals surface area contributed by atoms with Crippen LogP contribution in [0.5, 0.6) is 5.75 Å². The number of ether oxygens (including phenoxy) is 1. The van der Waals surface area contributed by atoms with Crippen molar-refractivity contribution in [3.05, 3.63) is 65.9 Å². The first kappa shape index (κ1) is 17.4. The summed E-state index contributed by atoms with van der Waals surface area (Å²) in [5, 5.41) is 10.0. The third kappa shape index (κ3) is 3.35. The summed E-state index contributed by atoms with van der Waals surface area (Å²) in [7, 11) is 1.61. The summed E-state index contributed by atoms with van der Waals surface area (Å²) in [5.74, 6) is 0.545. The zero-order chi connectivity index (χ0) is 18.7. The minimum absolute atomic E-state index is 0.0789. The molecule has 0 radical (unpaired) electrons. The molecule has 0 bridgehead atoms. The fraction of sp³-hybridized carbons (Fsp3) is 0.190. The zero-order valence-electron chi connectivity index (χ0n) is 14.9. The van der Waals surface area contributed by atoms with Gasteiger partial charge in [0.1, 0.15) is 11.4 Å². The van der Waals surface area contributed by atoms with E-state index in [0.29, 0.717) is 16.9 Å². The average molecular weight is 345 g/mol. The number of methoxy groups -OCH3 is 1. The molecule has 0 N–H and O–H groups in total. The number of carbonyl (C=O) groups is 1. The molecule has 0 fully saturated rings. The largest absolute Gasteiger partial charge is 0.497 e. The highest BCUT2D eigenvalue weighted by Crippen LogP contribution is 2.23. The van der Waals surface area contributed by atoms with Gasteiger partial charge in [-0.25, -0.2) is 4.98 Å². The summed E-state index contributed by atoms with van der Waals surface area (Å²) in [6, 6.07) is 18.2. The van der Waals surface area contributed by atoms with Crippen molar-refractivity contribution in [3.8, 4) is 11.8 Å². The molecule has 3 rings (SSSR count). The second kappa shape index (κ2) is 7.24. The summed E-state index contributed by atoms with van der Waals surface area (Å²) < 4.78 is 5.22. The molecule has 1 amide bonds. The second-order valence-electron chi connectivity index (χ2n) is 6.19. The summed E-state index contributed by atoms with van der Waals surface area (Å²) >= 11 is 0. The fourth-order valence-electron chi connectivity index (χ4n) is 2.85. The van der Waals surface area contributed by atoms with Crippen LogP contribution in [0.4, 0.5) is 5.69 Å². The van der Waals surface area contributed by atoms with Crippen molar-refractivity contribution in [1.29, 1.82) is 5.26 Å². The lowest BCUT2D eigenvalue weighted by molar-refractivity contribution is 0.0976. The van der Waals surface area contributed by atoms with Gasteiger partial charge in [0.05, 0.1) is 24.3 Å². The van der Waals surface area contributed by atoms with Crippen LogP contribution in [0, 0.1) is 11.3 Å². The molecule has 5 heteroatoms. The number of benzene rings is 2. The summed E-state index contributed by atoms with van der Waals surface area (Å²) in [6.07, 6.45) is 0. The maximum atomic E-state index is 13.1. The normalized spacial score (nSPS) is 10.6. The molecule has 3 aromatic rings. The van der Waals surface area contributed by atoms with Crippen LogP contribution >= 0.6 is 0 Å². The number of pyridine rings is 1. The molecule has 2 aromatic carbocycles. The molecule has 0 aliphatic heterocycles. The Bertz CT molecular complexity index is 1010. The highest BCUT2D eigenvalue weighted by molar-refractivity contribution is 6.06. The number of amides is 1. The van der Waals surface area contributed by atoms with Crippen molar-refractivity contribution in [3.63, 3.8) is 0 Å². The van der Waals surface area contributed by atoms with Gasteiger partial charge in [0.2, 0.25) is 0 Å². The first-order valence-electron chi connectivity index (χ1n) is 8.32. The Labute approximate surface area is 152 Å². The van der Waals surface area contributed by atoms with Gasteiger partial charge < -0.3 is 9.64 Å². The van der Waals surface area contributed by atoms with E-state index < -0.39 is 0 Å². The molecule has 1 heterocycles. The first-order valence-corrected chi connectivity index (χ1v) is 8.32. The Morgan fingerprint density at radius 3 is 2.65 bits per heavy atom. The number of anilines is 1. The van der Waals surface area contributed by atoms with Crippen LogP contribution in [0.25, 0.3) is 10.9 Å². The smallest absolute Gasteiger partial charge is 0.277 e. The van der Waals surface area contributed by atoms with E-state index in [9.17, 15) is 4.79 Å². The van der Waals surface area contributed by atoms with Gasteiger partial charge in [-0.15, -0.1) is 0 Å². The van der Waals surface area contributed by atoms with Crippen LogP contribution in [0.15, 0.2) is 54.6 Å². The van der Waals surface area contributed by atoms with Gasteiger partial charge in [-0.2, -0.15) is 5.26 Å². The lowest BCUT2D eigenvalue weighted by atomic mass is 10.1. The Morgan fingerprint density at radius 1 is 1.15 bits per heavy atom. The van der Waals surface area contributed by atoms with Crippen LogP contribution in [-0.4, -0.2) is 24.0 Å². The van der Waals surface area contributed by atoms with Crippen molar-refractivity contribution < 1.29 is 9.53 Å². The number of carbonyl (C=O) groups excluding carboxylic acids is 1. The molecule has 5 nitrogen and oxygen atoms in total. The minimum atomic E-state index is -0.201. The number of fused-ring (bicyclic) bond motifs is 1. The number of hydrogen-bond acceptors (Lipinski definition) is 4. The quantitative estimate of drug-likeness (QED) is 0.712. The highest BCUT2D eigenvalue weighted by atomic mass is 16.5. The standard InChI is InChI=1S/C21H19N3O2/c1-14(2)24(17-6-4-5-15(11-17)13-22)21(25)20-9-7-16-12-18(26-3)8-10-19(16)23-20/h4-12,14H,1-3H3. The van der Waals surface area contributed by atoms with E-state index in [4.69, 9.17) is 10.00 Å². The Kier molecular flexibility index (Phi) is 4.85. The topological polar surface area (TPSA) is 66.2 Å². The highest BCUT2D eigenvalue weighted by Gasteiger charge is 2.22. The molecule has 0 saturated carbocycles. The molecular formula is C21H19N3O2. The number of hydrogen-bond donors (Lipinski definition) is 0. The maximum Gasteiger partial charge on any atom is 0.277 e. The molecule has 0 aliphatic rings. The molecule has 130 valence electrons. The van der Waals surface area contributed by atoms with E-state index >= 15 is 0 Å². The van der Waals surface area contributed by atoms with Crippen LogP contribution in [0.2, 0.25) is 0 Å². The molecule has 0 atom stereocenters. The third-order valence-corrected chi connectivity index (χ3v) is 4.10. The van der Waals surface area contributed by atoms with Crippen LogP contribution in [0.3, 0.4) is 0 Å². The Hall–Kier alpha value is -3.39. The van der Waals surface area contributed by atoms with E-state index in [2.05, 4.69) is 11.1 Å². The van der Waals surface area contributed by atoms with Crippen molar-refractivity contribution in [1.82, 2.24) is 4.98 Å². The van der Waals surface area contributed by atoms with Gasteiger partial charge in [0.15, 0.2) is 0 Å². The average Bonchev–Trinajstić information content (AvgIpc) is 2.67. The van der Waals surface area contributed by atoms with Gasteiger partial charge in [-0.05, 0) is 56.3 Å². The van der Waals surface area contributed by atoms with E-state index in [1.54, 1.807) is 36.3 Å². The lowest BCUT2D eigenvalue weighted by Gasteiger charge is -2.26. The van der Waals surface area contributed by atoms with E-state index in [1.807, 2.05) is 44.2 Å². The third-order valence-electron chi connectivity index (χ3n) is 4.10. The summed E-state index contributed by atoms with van der Waals surface area (Å²) in [4.78, 5) is 19.3. The summed E-state index contributed by atoms with van der Waals surface area (Å²) in [5.41, 5.74) is 2.28. The first-order chi connectivity index (χ1) is 12.5. The maximum absolute atomic E-state index is 13.1. The van der Waals surface area contributed by atoms with Gasteiger partial charge in [0.25, 0.3) is 5.91 Å². The van der Waals surface area contributed by atoms with Crippen molar-refractivity contribution in [2.24, 2.45) is 0 Å². The van der Waals surface area contributed by atoms with Crippen LogP contribution in [-0.2, 0) is 0 Å². The molecular weight excluding hydrogens is 326 g/mol. The van der Waals surface area contributed by atoms with Gasteiger partial charge >= 0.3 is 0 Å². The number of nitriles is 1. The van der Waals surface area contributed by atoms with Gasteiger partial charge in [-0.1, -0.05) is 12.1 Å². The lowest BCUT2D eigenvalue weighted by Crippen LogP contribution is -2.37. The Balaban J connectivity index is 2.01. The molecule has 26 heavy (non-hydrogen) atoms. The van der Waals surface area contributed by atoms with Crippen molar-refractivity contribution in [2.45, 2.75) is 19.9 Å². The minimum Gasteiger partial charge on any atom is -0.497 e. The fourth-order valence-corrected chi connectivity index (χ4v) is 2.85. The number of nitrogens with zero attached hydrogens (tertiary/aromatic N) is 3. The second-order valence-corrected chi connectivity index (χ2v) is 6.19. The number of rotatable bonds is 4. The van der Waals surface area contributed by atoms with E-state index in [0.717, 1.165) is 16.7 Å². The monoisotopic (exact) mass is 345 g/mol. The van der Waals surface area contributed by atoms with Crippen LogP contribution < -0.4 is 9.64 Å². The van der Waals surface area contributed by atoms with E-state index in [-0.39, 0.29) is 11.9 Å².